The molecule has 1 aromatic carbocycles. The molecule has 0 fully saturated rings. The predicted octanol–water partition coefficient (Wildman–Crippen LogP) is 4.90. The van der Waals surface area contributed by atoms with Crippen molar-refractivity contribution in [2.75, 3.05) is 0 Å². The zero-order valence-electron chi connectivity index (χ0n) is 20.4. The largest absolute Gasteiger partial charge is 0.507 e. The first-order chi connectivity index (χ1) is 16.3. The number of phenols is 1. The minimum atomic E-state index is -1.13. The average Bonchev–Trinajstić information content (AvgIpc) is 3.31. The van der Waals surface area contributed by atoms with Gasteiger partial charge in [0.1, 0.15) is 23.5 Å². The highest BCUT2D eigenvalue weighted by molar-refractivity contribution is 5.92. The standard InChI is InChI=1S/C27H39NO6/c1-3-4-5-7-13-21(34-27(33)22-15-10-11-17-24(22)30)14-8-6-9-18-25(31)26(32)28-19-12-16-23(28)20(2)29/h10-12,15,17,19,21,23,25,30-31H,3-9,13-14,16,18H2,1-2H3. The van der Waals surface area contributed by atoms with Gasteiger partial charge in [0.05, 0.1) is 6.04 Å². The second kappa shape index (κ2) is 14.6. The number of esters is 1. The molecular weight excluding hydrogens is 434 g/mol. The molecule has 0 saturated heterocycles. The van der Waals surface area contributed by atoms with Crippen LogP contribution in [-0.2, 0) is 14.3 Å². The van der Waals surface area contributed by atoms with Crippen LogP contribution in [0.15, 0.2) is 36.5 Å². The highest BCUT2D eigenvalue weighted by Crippen LogP contribution is 2.22. The summed E-state index contributed by atoms with van der Waals surface area (Å²) in [7, 11) is 0. The van der Waals surface area contributed by atoms with E-state index in [0.29, 0.717) is 25.7 Å². The summed E-state index contributed by atoms with van der Waals surface area (Å²) in [6.45, 7) is 3.60. The van der Waals surface area contributed by atoms with Gasteiger partial charge in [-0.05, 0) is 57.6 Å². The molecule has 2 N–H and O–H groups in total. The van der Waals surface area contributed by atoms with Crippen molar-refractivity contribution in [3.63, 3.8) is 0 Å². The van der Waals surface area contributed by atoms with E-state index in [4.69, 9.17) is 4.74 Å². The Morgan fingerprint density at radius 3 is 2.32 bits per heavy atom. The fourth-order valence-corrected chi connectivity index (χ4v) is 4.21. The number of ketones is 1. The number of aliphatic hydroxyl groups excluding tert-OH is 1. The number of hydrogen-bond donors (Lipinski definition) is 2. The minimum Gasteiger partial charge on any atom is -0.507 e. The zero-order valence-corrected chi connectivity index (χ0v) is 20.4. The average molecular weight is 474 g/mol. The molecule has 1 aliphatic heterocycles. The number of carbonyl (C=O) groups excluding carboxylic acids is 3. The quantitative estimate of drug-likeness (QED) is 0.277. The lowest BCUT2D eigenvalue weighted by molar-refractivity contribution is -0.142. The number of aliphatic hydroxyl groups is 1. The van der Waals surface area contributed by atoms with Gasteiger partial charge in [-0.15, -0.1) is 0 Å². The smallest absolute Gasteiger partial charge is 0.342 e. The second-order valence-corrected chi connectivity index (χ2v) is 9.04. The molecule has 0 saturated carbocycles. The van der Waals surface area contributed by atoms with Crippen molar-refractivity contribution in [1.29, 1.82) is 0 Å². The third-order valence-electron chi connectivity index (χ3n) is 6.25. The van der Waals surface area contributed by atoms with Crippen molar-refractivity contribution >= 4 is 17.7 Å². The molecule has 7 heteroatoms. The van der Waals surface area contributed by atoms with Crippen molar-refractivity contribution in [2.24, 2.45) is 0 Å². The highest BCUT2D eigenvalue weighted by Gasteiger charge is 2.31. The Labute approximate surface area is 202 Å². The van der Waals surface area contributed by atoms with Crippen LogP contribution in [0.4, 0.5) is 0 Å². The third-order valence-corrected chi connectivity index (χ3v) is 6.25. The Morgan fingerprint density at radius 1 is 1.03 bits per heavy atom. The van der Waals surface area contributed by atoms with E-state index in [1.807, 2.05) is 0 Å². The molecule has 3 atom stereocenters. The summed E-state index contributed by atoms with van der Waals surface area (Å²) in [6, 6.07) is 5.87. The normalized spacial score (nSPS) is 16.9. The van der Waals surface area contributed by atoms with Crippen molar-refractivity contribution in [2.45, 2.75) is 103 Å². The van der Waals surface area contributed by atoms with E-state index in [2.05, 4.69) is 6.92 Å². The Hall–Kier alpha value is -2.67. The van der Waals surface area contributed by atoms with Crippen LogP contribution < -0.4 is 0 Å². The fourth-order valence-electron chi connectivity index (χ4n) is 4.21. The molecule has 1 amide bonds. The van der Waals surface area contributed by atoms with E-state index in [9.17, 15) is 24.6 Å². The molecule has 188 valence electrons. The number of para-hydroxylation sites is 1. The zero-order chi connectivity index (χ0) is 24.9. The number of nitrogens with zero attached hydrogens (tertiary/aromatic N) is 1. The first kappa shape index (κ1) is 27.6. The Bertz CT molecular complexity index is 836. The van der Waals surface area contributed by atoms with Crippen LogP contribution in [0.5, 0.6) is 5.75 Å². The van der Waals surface area contributed by atoms with Crippen molar-refractivity contribution in [3.8, 4) is 5.75 Å². The number of aromatic hydroxyl groups is 1. The summed E-state index contributed by atoms with van der Waals surface area (Å²) in [6.07, 6.45) is 10.8. The first-order valence-electron chi connectivity index (χ1n) is 12.5. The van der Waals surface area contributed by atoms with Gasteiger partial charge < -0.3 is 19.8 Å². The van der Waals surface area contributed by atoms with Gasteiger partial charge in [0.25, 0.3) is 5.91 Å². The number of amides is 1. The number of unbranched alkanes of at least 4 members (excludes halogenated alkanes) is 5. The van der Waals surface area contributed by atoms with E-state index in [1.165, 1.54) is 17.9 Å². The molecule has 34 heavy (non-hydrogen) atoms. The molecule has 0 radical (unpaired) electrons. The number of Topliss-reactive ketones (excluding diaryl/α,β-unsaturated/α-hetero) is 1. The van der Waals surface area contributed by atoms with Crippen LogP contribution in [0.3, 0.4) is 0 Å². The Morgan fingerprint density at radius 2 is 1.68 bits per heavy atom. The maximum Gasteiger partial charge on any atom is 0.342 e. The van der Waals surface area contributed by atoms with Gasteiger partial charge in [0.15, 0.2) is 5.78 Å². The topological polar surface area (TPSA) is 104 Å². The molecule has 2 rings (SSSR count). The summed E-state index contributed by atoms with van der Waals surface area (Å²) < 4.78 is 5.72. The van der Waals surface area contributed by atoms with Crippen LogP contribution in [-0.4, -0.2) is 51.0 Å². The van der Waals surface area contributed by atoms with Gasteiger partial charge in [-0.1, -0.05) is 57.2 Å². The van der Waals surface area contributed by atoms with E-state index in [0.717, 1.165) is 44.9 Å². The molecule has 1 aliphatic rings. The molecular formula is C27H39NO6. The monoisotopic (exact) mass is 473 g/mol. The van der Waals surface area contributed by atoms with E-state index in [1.54, 1.807) is 30.5 Å². The SMILES string of the molecule is CCCCCCC(CCCCCC(O)C(=O)N1C=CCC1C(C)=O)OC(=O)c1ccccc1O. The van der Waals surface area contributed by atoms with Crippen LogP contribution in [0.1, 0.15) is 94.8 Å². The number of carbonyl (C=O) groups is 3. The first-order valence-corrected chi connectivity index (χ1v) is 12.5. The number of ether oxygens (including phenoxy) is 1. The number of hydrogen-bond acceptors (Lipinski definition) is 6. The van der Waals surface area contributed by atoms with Gasteiger partial charge in [-0.25, -0.2) is 4.79 Å². The van der Waals surface area contributed by atoms with E-state index < -0.39 is 24.0 Å². The van der Waals surface area contributed by atoms with Gasteiger partial charge >= 0.3 is 5.97 Å². The van der Waals surface area contributed by atoms with Gasteiger partial charge in [0.2, 0.25) is 0 Å². The van der Waals surface area contributed by atoms with Crippen LogP contribution in [0, 0.1) is 0 Å². The van der Waals surface area contributed by atoms with Crippen LogP contribution >= 0.6 is 0 Å². The third kappa shape index (κ3) is 8.60. The van der Waals surface area contributed by atoms with E-state index >= 15 is 0 Å². The van der Waals surface area contributed by atoms with E-state index in [-0.39, 0.29) is 23.2 Å². The van der Waals surface area contributed by atoms with Crippen molar-refractivity contribution < 1.29 is 29.3 Å². The van der Waals surface area contributed by atoms with Crippen LogP contribution in [0.2, 0.25) is 0 Å². The molecule has 0 aliphatic carbocycles. The maximum atomic E-state index is 12.5. The maximum absolute atomic E-state index is 12.5. The number of rotatable bonds is 15. The lowest BCUT2D eigenvalue weighted by Gasteiger charge is -2.24. The van der Waals surface area contributed by atoms with Crippen molar-refractivity contribution in [1.82, 2.24) is 4.90 Å². The molecule has 0 bridgehead atoms. The minimum absolute atomic E-state index is 0.0873. The fraction of sp³-hybridized carbons (Fsp3) is 0.593. The van der Waals surface area contributed by atoms with Crippen LogP contribution in [0.25, 0.3) is 0 Å². The lowest BCUT2D eigenvalue weighted by Crippen LogP contribution is -2.43. The number of phenolic OH excluding ortho intramolecular Hbond substituents is 1. The lowest BCUT2D eigenvalue weighted by atomic mass is 10.0. The molecule has 1 heterocycles. The molecule has 0 spiro atoms. The summed E-state index contributed by atoms with van der Waals surface area (Å²) in [5, 5.41) is 20.2. The molecule has 1 aromatic rings. The summed E-state index contributed by atoms with van der Waals surface area (Å²) >= 11 is 0. The summed E-state index contributed by atoms with van der Waals surface area (Å²) in [4.78, 5) is 38.0. The molecule has 0 aromatic heterocycles. The van der Waals surface area contributed by atoms with Gasteiger partial charge in [0, 0.05) is 6.20 Å². The van der Waals surface area contributed by atoms with Gasteiger partial charge in [-0.2, -0.15) is 0 Å². The second-order valence-electron chi connectivity index (χ2n) is 9.04. The highest BCUT2D eigenvalue weighted by atomic mass is 16.5. The summed E-state index contributed by atoms with van der Waals surface area (Å²) in [5.41, 5.74) is 0.169. The molecule has 7 nitrogen and oxygen atoms in total. The Balaban J connectivity index is 1.78. The van der Waals surface area contributed by atoms with Gasteiger partial charge in [-0.3, -0.25) is 9.59 Å². The predicted molar refractivity (Wildman–Crippen MR) is 130 cm³/mol. The molecule has 3 unspecified atom stereocenters. The number of benzene rings is 1. The Kier molecular flexibility index (Phi) is 11.8. The van der Waals surface area contributed by atoms with Crippen molar-refractivity contribution in [3.05, 3.63) is 42.1 Å². The summed E-state index contributed by atoms with van der Waals surface area (Å²) in [5.74, 6) is -1.12.